The fourth-order valence-electron chi connectivity index (χ4n) is 3.94. The Hall–Kier alpha value is -2.66. The van der Waals surface area contributed by atoms with Crippen molar-refractivity contribution in [3.8, 4) is 11.8 Å². The third kappa shape index (κ3) is 6.02. The van der Waals surface area contributed by atoms with Crippen LogP contribution in [0.2, 0.25) is 0 Å². The Balaban J connectivity index is 2.07. The number of nitrogens with zero attached hydrogens (tertiary/aromatic N) is 3. The number of hydrogen-bond acceptors (Lipinski definition) is 6. The lowest BCUT2D eigenvalue weighted by Gasteiger charge is -2.33. The molecule has 33 heavy (non-hydrogen) atoms. The quantitative estimate of drug-likeness (QED) is 0.542. The second-order valence-corrected chi connectivity index (χ2v) is 10.9. The molecule has 1 atom stereocenters. The number of amides is 1. The van der Waals surface area contributed by atoms with E-state index in [1.807, 2.05) is 27.7 Å². The van der Waals surface area contributed by atoms with Crippen molar-refractivity contribution < 1.29 is 19.2 Å². The molecular formula is C25H33N3O4S. The summed E-state index contributed by atoms with van der Waals surface area (Å²) < 4.78 is 5.45. The van der Waals surface area contributed by atoms with E-state index in [0.717, 1.165) is 37.0 Å². The highest BCUT2D eigenvalue weighted by Crippen LogP contribution is 2.39. The van der Waals surface area contributed by atoms with E-state index in [1.54, 1.807) is 17.9 Å². The number of aromatic nitrogens is 2. The first-order chi connectivity index (χ1) is 15.5. The van der Waals surface area contributed by atoms with Crippen molar-refractivity contribution in [1.82, 2.24) is 10.1 Å². The molecule has 2 heterocycles. The van der Waals surface area contributed by atoms with E-state index in [4.69, 9.17) is 4.52 Å². The molecule has 1 fully saturated rings. The molecule has 3 rings (SSSR count). The molecule has 0 aliphatic heterocycles. The highest BCUT2D eigenvalue weighted by molar-refractivity contribution is 7.15. The van der Waals surface area contributed by atoms with E-state index in [-0.39, 0.29) is 22.1 Å². The Morgan fingerprint density at radius 2 is 1.97 bits per heavy atom. The molecule has 0 bridgehead atoms. The van der Waals surface area contributed by atoms with Gasteiger partial charge in [0.05, 0.1) is 10.6 Å². The van der Waals surface area contributed by atoms with Crippen LogP contribution in [-0.2, 0) is 11.2 Å². The van der Waals surface area contributed by atoms with Crippen LogP contribution in [0.3, 0.4) is 0 Å². The monoisotopic (exact) mass is 471 g/mol. The van der Waals surface area contributed by atoms with E-state index in [2.05, 4.69) is 28.9 Å². The molecule has 0 saturated heterocycles. The lowest BCUT2D eigenvalue weighted by Crippen LogP contribution is -2.40. The zero-order chi connectivity index (χ0) is 24.3. The number of carbonyl (C=O) groups is 2. The molecule has 2 aromatic heterocycles. The summed E-state index contributed by atoms with van der Waals surface area (Å²) in [7, 11) is 0. The normalized spacial score (nSPS) is 19.5. The lowest BCUT2D eigenvalue weighted by molar-refractivity contribution is -0.124. The van der Waals surface area contributed by atoms with E-state index in [0.29, 0.717) is 34.6 Å². The summed E-state index contributed by atoms with van der Waals surface area (Å²) in [5, 5.41) is 13.9. The number of rotatable bonds is 6. The summed E-state index contributed by atoms with van der Waals surface area (Å²) in [5.74, 6) is 6.34. The summed E-state index contributed by atoms with van der Waals surface area (Å²) in [5.41, 5.74) is 0.119. The van der Waals surface area contributed by atoms with Crippen molar-refractivity contribution in [2.24, 2.45) is 17.3 Å². The topological polar surface area (TPSA) is 96.5 Å². The van der Waals surface area contributed by atoms with Gasteiger partial charge in [0.15, 0.2) is 5.82 Å². The second-order valence-electron chi connectivity index (χ2n) is 9.87. The zero-order valence-electron chi connectivity index (χ0n) is 20.3. The van der Waals surface area contributed by atoms with Crippen LogP contribution in [0.4, 0.5) is 5.69 Å². The summed E-state index contributed by atoms with van der Waals surface area (Å²) in [4.78, 5) is 32.6. The van der Waals surface area contributed by atoms with E-state index < -0.39 is 12.0 Å². The molecule has 178 valence electrons. The fourth-order valence-corrected chi connectivity index (χ4v) is 4.78. The largest absolute Gasteiger partial charge is 0.477 e. The second kappa shape index (κ2) is 10.1. The van der Waals surface area contributed by atoms with E-state index in [9.17, 15) is 14.7 Å². The summed E-state index contributed by atoms with van der Waals surface area (Å²) in [6.07, 6.45) is 4.15. The highest BCUT2D eigenvalue weighted by atomic mass is 32.1. The number of hydrogen-bond donors (Lipinski definition) is 1. The molecular weight excluding hydrogens is 438 g/mol. The van der Waals surface area contributed by atoms with Gasteiger partial charge in [-0.2, -0.15) is 4.98 Å². The molecule has 1 N–H and O–H groups in total. The summed E-state index contributed by atoms with van der Waals surface area (Å²) in [6, 6.07) is 1.12. The number of anilines is 1. The SMILES string of the molecule is CCc1noc(C(C)N(C(=O)C2CCC(C)CC2)c2cc(C#CC(C)(C)C)sc2C(=O)O)n1. The Labute approximate surface area is 199 Å². The van der Waals surface area contributed by atoms with Crippen molar-refractivity contribution in [2.45, 2.75) is 79.7 Å². The van der Waals surface area contributed by atoms with Crippen molar-refractivity contribution in [3.63, 3.8) is 0 Å². The standard InChI is InChI=1S/C25H33N3O4S/c1-7-20-26-22(32-27-20)16(3)28(23(29)17-10-8-15(2)9-11-17)19-14-18(12-13-25(4,5)6)33-21(19)24(30)31/h14-17H,7-11H2,1-6H3,(H,30,31). The number of carboxylic acid groups (broad SMARTS) is 1. The van der Waals surface area contributed by atoms with Crippen molar-refractivity contribution in [1.29, 1.82) is 0 Å². The van der Waals surface area contributed by atoms with Gasteiger partial charge in [-0.25, -0.2) is 4.79 Å². The summed E-state index contributed by atoms with van der Waals surface area (Å²) >= 11 is 1.09. The van der Waals surface area contributed by atoms with Gasteiger partial charge >= 0.3 is 5.97 Å². The van der Waals surface area contributed by atoms with Crippen molar-refractivity contribution in [2.75, 3.05) is 4.90 Å². The first-order valence-corrected chi connectivity index (χ1v) is 12.4. The molecule has 1 aliphatic rings. The van der Waals surface area contributed by atoms with Crippen LogP contribution in [0.5, 0.6) is 0 Å². The van der Waals surface area contributed by atoms with Gasteiger partial charge in [0.1, 0.15) is 10.9 Å². The molecule has 8 heteroatoms. The number of aromatic carboxylic acids is 1. The molecule has 2 aromatic rings. The smallest absolute Gasteiger partial charge is 0.348 e. The minimum atomic E-state index is -1.08. The van der Waals surface area contributed by atoms with Gasteiger partial charge in [0.2, 0.25) is 11.8 Å². The maximum absolute atomic E-state index is 13.8. The van der Waals surface area contributed by atoms with Gasteiger partial charge in [-0.3, -0.25) is 9.69 Å². The van der Waals surface area contributed by atoms with Crippen LogP contribution in [0.25, 0.3) is 0 Å². The number of carboxylic acids is 1. The average Bonchev–Trinajstić information content (AvgIpc) is 3.40. The van der Waals surface area contributed by atoms with Gasteiger partial charge in [0.25, 0.3) is 0 Å². The van der Waals surface area contributed by atoms with Crippen LogP contribution in [0.15, 0.2) is 10.6 Å². The Morgan fingerprint density at radius 3 is 2.52 bits per heavy atom. The van der Waals surface area contributed by atoms with Gasteiger partial charge in [0, 0.05) is 17.8 Å². The predicted molar refractivity (Wildman–Crippen MR) is 128 cm³/mol. The Kier molecular flexibility index (Phi) is 7.63. The number of thiophene rings is 1. The van der Waals surface area contributed by atoms with Crippen LogP contribution >= 0.6 is 11.3 Å². The van der Waals surface area contributed by atoms with Gasteiger partial charge in [-0.1, -0.05) is 30.8 Å². The molecule has 1 unspecified atom stereocenters. The predicted octanol–water partition coefficient (Wildman–Crippen LogP) is 5.71. The molecule has 1 aliphatic carbocycles. The van der Waals surface area contributed by atoms with Crippen molar-refractivity contribution >= 4 is 28.9 Å². The van der Waals surface area contributed by atoms with Crippen molar-refractivity contribution in [3.05, 3.63) is 27.5 Å². The molecule has 7 nitrogen and oxygen atoms in total. The van der Waals surface area contributed by atoms with Gasteiger partial charge < -0.3 is 9.63 Å². The van der Waals surface area contributed by atoms with Gasteiger partial charge in [-0.05, 0) is 65.4 Å². The number of carbonyl (C=O) groups excluding carboxylic acids is 1. The molecule has 1 saturated carbocycles. The molecule has 1 amide bonds. The Bertz CT molecular complexity index is 1060. The highest BCUT2D eigenvalue weighted by Gasteiger charge is 2.36. The lowest BCUT2D eigenvalue weighted by atomic mass is 9.82. The number of aryl methyl sites for hydroxylation is 1. The van der Waals surface area contributed by atoms with E-state index >= 15 is 0 Å². The summed E-state index contributed by atoms with van der Waals surface area (Å²) in [6.45, 7) is 11.9. The first kappa shape index (κ1) is 25.0. The minimum Gasteiger partial charge on any atom is -0.477 e. The van der Waals surface area contributed by atoms with Gasteiger partial charge in [-0.15, -0.1) is 11.3 Å². The minimum absolute atomic E-state index is 0.0906. The average molecular weight is 472 g/mol. The molecule has 0 radical (unpaired) electrons. The first-order valence-electron chi connectivity index (χ1n) is 11.6. The maximum Gasteiger partial charge on any atom is 0.348 e. The third-order valence-electron chi connectivity index (χ3n) is 5.87. The zero-order valence-corrected chi connectivity index (χ0v) is 21.1. The maximum atomic E-state index is 13.8. The van der Waals surface area contributed by atoms with Crippen LogP contribution in [-0.4, -0.2) is 27.1 Å². The molecule has 0 aromatic carbocycles. The van der Waals surface area contributed by atoms with Crippen LogP contribution in [0, 0.1) is 29.1 Å². The fraction of sp³-hybridized carbons (Fsp3) is 0.600. The van der Waals surface area contributed by atoms with Crippen LogP contribution < -0.4 is 4.90 Å². The third-order valence-corrected chi connectivity index (χ3v) is 6.90. The Morgan fingerprint density at radius 1 is 1.30 bits per heavy atom. The molecule has 0 spiro atoms. The van der Waals surface area contributed by atoms with E-state index in [1.165, 1.54) is 0 Å². The van der Waals surface area contributed by atoms with Crippen LogP contribution in [0.1, 0.15) is 99.5 Å².